The van der Waals surface area contributed by atoms with E-state index >= 15 is 0 Å². The molecular weight excluding hydrogens is 197 g/mol. The molecule has 1 aromatic heterocycles. The molecule has 0 fully saturated rings. The Bertz CT molecular complexity index is 310. The molecule has 1 amide bonds. The highest BCUT2D eigenvalue weighted by Gasteiger charge is 2.38. The van der Waals surface area contributed by atoms with Crippen molar-refractivity contribution in [3.63, 3.8) is 0 Å². The van der Waals surface area contributed by atoms with Gasteiger partial charge in [0.15, 0.2) is 0 Å². The zero-order chi connectivity index (χ0) is 10.6. The molecule has 14 heavy (non-hydrogen) atoms. The maximum atomic E-state index is 11.7. The van der Waals surface area contributed by atoms with Crippen molar-refractivity contribution in [1.82, 2.24) is 10.3 Å². The van der Waals surface area contributed by atoms with Gasteiger partial charge in [0, 0.05) is 6.20 Å². The lowest BCUT2D eigenvalue weighted by atomic mass is 10.3. The Labute approximate surface area is 78.0 Å². The number of nitrogens with one attached hydrogen (secondary N) is 1. The van der Waals surface area contributed by atoms with Crippen molar-refractivity contribution in [3.05, 3.63) is 30.1 Å². The maximum Gasteiger partial charge on any atom is 0.471 e. The van der Waals surface area contributed by atoms with E-state index in [9.17, 15) is 18.0 Å². The third-order valence-corrected chi connectivity index (χ3v) is 1.41. The van der Waals surface area contributed by atoms with Crippen LogP contribution in [0.4, 0.5) is 13.2 Å². The summed E-state index contributed by atoms with van der Waals surface area (Å²) in [7, 11) is 0. The van der Waals surface area contributed by atoms with Crippen molar-refractivity contribution >= 4 is 5.91 Å². The number of nitrogens with zero attached hydrogens (tertiary/aromatic N) is 1. The average molecular weight is 204 g/mol. The van der Waals surface area contributed by atoms with Gasteiger partial charge in [0.05, 0.1) is 12.2 Å². The lowest BCUT2D eigenvalue weighted by Gasteiger charge is -2.06. The molecule has 0 aromatic carbocycles. The SMILES string of the molecule is O=C(NCc1ccccn1)C(F)(F)F. The molecule has 1 heterocycles. The smallest absolute Gasteiger partial charge is 0.343 e. The van der Waals surface area contributed by atoms with Crippen molar-refractivity contribution in [3.8, 4) is 0 Å². The Morgan fingerprint density at radius 3 is 2.64 bits per heavy atom. The van der Waals surface area contributed by atoms with Crippen LogP contribution in [0.5, 0.6) is 0 Å². The van der Waals surface area contributed by atoms with Gasteiger partial charge in [-0.3, -0.25) is 9.78 Å². The summed E-state index contributed by atoms with van der Waals surface area (Å²) in [5.41, 5.74) is 0.380. The largest absolute Gasteiger partial charge is 0.471 e. The monoisotopic (exact) mass is 204 g/mol. The van der Waals surface area contributed by atoms with Crippen LogP contribution in [0, 0.1) is 0 Å². The summed E-state index contributed by atoms with van der Waals surface area (Å²) in [5, 5.41) is 1.71. The molecule has 1 N–H and O–H groups in total. The van der Waals surface area contributed by atoms with Gasteiger partial charge in [-0.25, -0.2) is 0 Å². The topological polar surface area (TPSA) is 42.0 Å². The molecule has 0 radical (unpaired) electrons. The molecule has 0 aliphatic heterocycles. The molecule has 1 aromatic rings. The number of hydrogen-bond donors (Lipinski definition) is 1. The third kappa shape index (κ3) is 3.04. The van der Waals surface area contributed by atoms with E-state index in [1.165, 1.54) is 12.3 Å². The lowest BCUT2D eigenvalue weighted by molar-refractivity contribution is -0.173. The summed E-state index contributed by atoms with van der Waals surface area (Å²) in [6.45, 7) is -0.223. The van der Waals surface area contributed by atoms with Crippen LogP contribution in [-0.4, -0.2) is 17.1 Å². The fourth-order valence-corrected chi connectivity index (χ4v) is 0.774. The van der Waals surface area contributed by atoms with Crippen LogP contribution in [0.25, 0.3) is 0 Å². The first-order chi connectivity index (χ1) is 6.50. The molecule has 0 aliphatic rings. The normalized spacial score (nSPS) is 11.1. The van der Waals surface area contributed by atoms with Crippen LogP contribution in [0.15, 0.2) is 24.4 Å². The average Bonchev–Trinajstić information content (AvgIpc) is 2.14. The fraction of sp³-hybridized carbons (Fsp3) is 0.250. The highest BCUT2D eigenvalue weighted by atomic mass is 19.4. The quantitative estimate of drug-likeness (QED) is 0.787. The molecule has 0 saturated heterocycles. The summed E-state index contributed by atoms with van der Waals surface area (Å²) in [5.74, 6) is -1.96. The molecule has 0 saturated carbocycles. The molecule has 0 atom stereocenters. The number of carbonyl (C=O) groups excluding carboxylic acids is 1. The Hall–Kier alpha value is -1.59. The van der Waals surface area contributed by atoms with E-state index in [2.05, 4.69) is 4.98 Å². The minimum atomic E-state index is -4.84. The Morgan fingerprint density at radius 1 is 1.43 bits per heavy atom. The highest BCUT2D eigenvalue weighted by molar-refractivity contribution is 5.81. The number of rotatable bonds is 2. The second-order valence-electron chi connectivity index (χ2n) is 2.50. The van der Waals surface area contributed by atoms with Gasteiger partial charge in [-0.1, -0.05) is 6.07 Å². The van der Waals surface area contributed by atoms with Crippen LogP contribution in [-0.2, 0) is 11.3 Å². The van der Waals surface area contributed by atoms with Crippen molar-refractivity contribution in [2.45, 2.75) is 12.7 Å². The number of pyridine rings is 1. The first kappa shape index (κ1) is 10.5. The molecule has 0 spiro atoms. The summed E-state index contributed by atoms with van der Waals surface area (Å²) in [6, 6.07) is 4.79. The van der Waals surface area contributed by atoms with E-state index in [1.54, 1.807) is 17.4 Å². The summed E-state index contributed by atoms with van der Waals surface area (Å²) >= 11 is 0. The highest BCUT2D eigenvalue weighted by Crippen LogP contribution is 2.14. The van der Waals surface area contributed by atoms with Crippen LogP contribution in [0.3, 0.4) is 0 Å². The van der Waals surface area contributed by atoms with Crippen LogP contribution >= 0.6 is 0 Å². The fourth-order valence-electron chi connectivity index (χ4n) is 0.774. The Balaban J connectivity index is 2.46. The molecule has 1 rings (SSSR count). The second-order valence-corrected chi connectivity index (χ2v) is 2.50. The molecule has 6 heteroatoms. The van der Waals surface area contributed by atoms with E-state index in [0.29, 0.717) is 5.69 Å². The molecule has 76 valence electrons. The molecule has 0 bridgehead atoms. The van der Waals surface area contributed by atoms with Crippen LogP contribution < -0.4 is 5.32 Å². The molecule has 3 nitrogen and oxygen atoms in total. The zero-order valence-corrected chi connectivity index (χ0v) is 7.01. The first-order valence-corrected chi connectivity index (χ1v) is 3.75. The minimum Gasteiger partial charge on any atom is -0.343 e. The second kappa shape index (κ2) is 4.08. The van der Waals surface area contributed by atoms with Gasteiger partial charge in [0.1, 0.15) is 0 Å². The maximum absolute atomic E-state index is 11.7. The van der Waals surface area contributed by atoms with E-state index in [0.717, 1.165) is 0 Å². The number of amides is 1. The van der Waals surface area contributed by atoms with Gasteiger partial charge in [-0.05, 0) is 12.1 Å². The molecule has 0 aliphatic carbocycles. The van der Waals surface area contributed by atoms with E-state index in [4.69, 9.17) is 0 Å². The zero-order valence-electron chi connectivity index (χ0n) is 7.01. The number of carbonyl (C=O) groups is 1. The van der Waals surface area contributed by atoms with Gasteiger partial charge in [-0.15, -0.1) is 0 Å². The third-order valence-electron chi connectivity index (χ3n) is 1.41. The number of aromatic nitrogens is 1. The van der Waals surface area contributed by atoms with Gasteiger partial charge in [-0.2, -0.15) is 13.2 Å². The summed E-state index contributed by atoms with van der Waals surface area (Å²) in [4.78, 5) is 14.1. The van der Waals surface area contributed by atoms with E-state index < -0.39 is 12.1 Å². The van der Waals surface area contributed by atoms with Crippen LogP contribution in [0.2, 0.25) is 0 Å². The van der Waals surface area contributed by atoms with Gasteiger partial charge < -0.3 is 5.32 Å². The van der Waals surface area contributed by atoms with Gasteiger partial charge in [0.2, 0.25) is 0 Å². The summed E-state index contributed by atoms with van der Waals surface area (Å²) in [6.07, 6.45) is -3.40. The standard InChI is InChI=1S/C8H7F3N2O/c9-8(10,11)7(14)13-5-6-3-1-2-4-12-6/h1-4H,5H2,(H,13,14). The predicted molar refractivity (Wildman–Crippen MR) is 42.1 cm³/mol. The minimum absolute atomic E-state index is 0.223. The lowest BCUT2D eigenvalue weighted by Crippen LogP contribution is -2.36. The summed E-state index contributed by atoms with van der Waals surface area (Å²) < 4.78 is 35.2. The Morgan fingerprint density at radius 2 is 2.14 bits per heavy atom. The van der Waals surface area contributed by atoms with E-state index in [-0.39, 0.29) is 6.54 Å². The number of hydrogen-bond acceptors (Lipinski definition) is 2. The first-order valence-electron chi connectivity index (χ1n) is 3.75. The number of halogens is 3. The van der Waals surface area contributed by atoms with Crippen molar-refractivity contribution in [1.29, 1.82) is 0 Å². The van der Waals surface area contributed by atoms with Gasteiger partial charge in [0.25, 0.3) is 0 Å². The van der Waals surface area contributed by atoms with Crippen LogP contribution in [0.1, 0.15) is 5.69 Å². The van der Waals surface area contributed by atoms with Crippen molar-refractivity contribution < 1.29 is 18.0 Å². The molecule has 0 unspecified atom stereocenters. The van der Waals surface area contributed by atoms with Crippen molar-refractivity contribution in [2.75, 3.05) is 0 Å². The predicted octanol–water partition coefficient (Wildman–Crippen LogP) is 1.26. The molecular formula is C8H7F3N2O. The van der Waals surface area contributed by atoms with E-state index in [1.807, 2.05) is 0 Å². The number of alkyl halides is 3. The van der Waals surface area contributed by atoms with Gasteiger partial charge >= 0.3 is 12.1 Å². The Kier molecular flexibility index (Phi) is 3.06. The van der Waals surface area contributed by atoms with Crippen molar-refractivity contribution in [2.24, 2.45) is 0 Å².